The van der Waals surface area contributed by atoms with Crippen LogP contribution >= 0.6 is 0 Å². The summed E-state index contributed by atoms with van der Waals surface area (Å²) in [5.41, 5.74) is 3.57. The molecule has 2 aromatic carbocycles. The monoisotopic (exact) mass is 261 g/mol. The van der Waals surface area contributed by atoms with Crippen LogP contribution in [0.25, 0.3) is 22.4 Å². The molecule has 3 aromatic rings. The van der Waals surface area contributed by atoms with Gasteiger partial charge in [-0.25, -0.2) is 4.98 Å². The zero-order chi connectivity index (χ0) is 14.2. The van der Waals surface area contributed by atoms with E-state index in [0.717, 1.165) is 28.0 Å². The quantitative estimate of drug-likeness (QED) is 0.757. The standard InChI is InChI=1S/C17H15N3/c1-17(2,11-18)13-9-7-12(8-10-13)16-19-14-5-3-4-6-15(14)20-16/h3-10H,1-2H3,(H,19,20). The maximum Gasteiger partial charge on any atom is 0.138 e. The van der Waals surface area contributed by atoms with E-state index in [9.17, 15) is 0 Å². The van der Waals surface area contributed by atoms with Gasteiger partial charge < -0.3 is 4.98 Å². The van der Waals surface area contributed by atoms with Crippen LogP contribution in [-0.2, 0) is 5.41 Å². The van der Waals surface area contributed by atoms with E-state index < -0.39 is 5.41 Å². The third-order valence-corrected chi connectivity index (χ3v) is 3.55. The van der Waals surface area contributed by atoms with E-state index in [1.165, 1.54) is 0 Å². The number of aromatic nitrogens is 2. The van der Waals surface area contributed by atoms with Gasteiger partial charge >= 0.3 is 0 Å². The van der Waals surface area contributed by atoms with Crippen LogP contribution in [0.1, 0.15) is 19.4 Å². The molecule has 20 heavy (non-hydrogen) atoms. The summed E-state index contributed by atoms with van der Waals surface area (Å²) in [6.07, 6.45) is 0. The third-order valence-electron chi connectivity index (χ3n) is 3.55. The first-order valence-electron chi connectivity index (χ1n) is 6.57. The summed E-state index contributed by atoms with van der Waals surface area (Å²) >= 11 is 0. The molecule has 3 nitrogen and oxygen atoms in total. The summed E-state index contributed by atoms with van der Waals surface area (Å²) in [5, 5.41) is 9.16. The molecular weight excluding hydrogens is 246 g/mol. The van der Waals surface area contributed by atoms with Crippen LogP contribution in [0, 0.1) is 11.3 Å². The highest BCUT2D eigenvalue weighted by molar-refractivity contribution is 5.79. The molecule has 0 aliphatic heterocycles. The van der Waals surface area contributed by atoms with E-state index in [0.29, 0.717) is 0 Å². The van der Waals surface area contributed by atoms with Gasteiger partial charge in [-0.1, -0.05) is 36.4 Å². The van der Waals surface area contributed by atoms with Gasteiger partial charge in [-0.05, 0) is 31.5 Å². The average Bonchev–Trinajstić information content (AvgIpc) is 2.91. The number of fused-ring (bicyclic) bond motifs is 1. The summed E-state index contributed by atoms with van der Waals surface area (Å²) in [6, 6.07) is 18.3. The molecule has 0 saturated carbocycles. The molecule has 1 aromatic heterocycles. The van der Waals surface area contributed by atoms with Crippen molar-refractivity contribution in [3.05, 3.63) is 54.1 Å². The fourth-order valence-corrected chi connectivity index (χ4v) is 2.20. The summed E-state index contributed by atoms with van der Waals surface area (Å²) in [5.74, 6) is 0.854. The molecule has 3 rings (SSSR count). The van der Waals surface area contributed by atoms with Gasteiger partial charge in [0.25, 0.3) is 0 Å². The van der Waals surface area contributed by atoms with Crippen molar-refractivity contribution in [1.82, 2.24) is 9.97 Å². The largest absolute Gasteiger partial charge is 0.338 e. The minimum atomic E-state index is -0.466. The lowest BCUT2D eigenvalue weighted by molar-refractivity contribution is 0.687. The molecule has 3 heteroatoms. The first-order valence-corrected chi connectivity index (χ1v) is 6.57. The minimum absolute atomic E-state index is 0.466. The van der Waals surface area contributed by atoms with E-state index in [2.05, 4.69) is 16.0 Å². The zero-order valence-electron chi connectivity index (χ0n) is 11.5. The van der Waals surface area contributed by atoms with Crippen molar-refractivity contribution < 1.29 is 0 Å². The Morgan fingerprint density at radius 3 is 2.40 bits per heavy atom. The highest BCUT2D eigenvalue weighted by Crippen LogP contribution is 2.26. The van der Waals surface area contributed by atoms with Gasteiger partial charge in [-0.15, -0.1) is 0 Å². The van der Waals surface area contributed by atoms with Crippen molar-refractivity contribution in [2.75, 3.05) is 0 Å². The van der Waals surface area contributed by atoms with Gasteiger partial charge in [0.1, 0.15) is 5.82 Å². The van der Waals surface area contributed by atoms with Gasteiger partial charge in [-0.3, -0.25) is 0 Å². The van der Waals surface area contributed by atoms with E-state index in [1.54, 1.807) is 0 Å². The number of nitrogens with zero attached hydrogens (tertiary/aromatic N) is 2. The zero-order valence-corrected chi connectivity index (χ0v) is 11.5. The first-order chi connectivity index (χ1) is 9.60. The van der Waals surface area contributed by atoms with Crippen molar-refractivity contribution in [1.29, 1.82) is 5.26 Å². The van der Waals surface area contributed by atoms with Crippen molar-refractivity contribution in [2.24, 2.45) is 0 Å². The first kappa shape index (κ1) is 12.4. The molecule has 0 unspecified atom stereocenters. The van der Waals surface area contributed by atoms with Crippen molar-refractivity contribution >= 4 is 11.0 Å². The van der Waals surface area contributed by atoms with Crippen molar-refractivity contribution in [2.45, 2.75) is 19.3 Å². The molecule has 1 N–H and O–H groups in total. The SMILES string of the molecule is CC(C)(C#N)c1ccc(-c2nc3ccccc3[nH]2)cc1. The summed E-state index contributed by atoms with van der Waals surface area (Å²) < 4.78 is 0. The summed E-state index contributed by atoms with van der Waals surface area (Å²) in [7, 11) is 0. The molecule has 0 bridgehead atoms. The normalized spacial score (nSPS) is 11.4. The lowest BCUT2D eigenvalue weighted by Gasteiger charge is -2.15. The average molecular weight is 261 g/mol. The number of hydrogen-bond donors (Lipinski definition) is 1. The van der Waals surface area contributed by atoms with Crippen LogP contribution in [-0.4, -0.2) is 9.97 Å². The summed E-state index contributed by atoms with van der Waals surface area (Å²) in [4.78, 5) is 7.88. The van der Waals surface area contributed by atoms with Crippen LogP contribution < -0.4 is 0 Å². The maximum absolute atomic E-state index is 9.16. The fourth-order valence-electron chi connectivity index (χ4n) is 2.20. The number of aromatic amines is 1. The van der Waals surface area contributed by atoms with Crippen LogP contribution in [0.3, 0.4) is 0 Å². The van der Waals surface area contributed by atoms with Crippen LogP contribution in [0.4, 0.5) is 0 Å². The fraction of sp³-hybridized carbons (Fsp3) is 0.176. The Morgan fingerprint density at radius 2 is 1.75 bits per heavy atom. The molecule has 98 valence electrons. The highest BCUT2D eigenvalue weighted by Gasteiger charge is 2.19. The third kappa shape index (κ3) is 2.06. The van der Waals surface area contributed by atoms with Gasteiger partial charge in [-0.2, -0.15) is 5.26 Å². The number of nitriles is 1. The van der Waals surface area contributed by atoms with E-state index in [4.69, 9.17) is 5.26 Å². The van der Waals surface area contributed by atoms with Gasteiger partial charge in [0.05, 0.1) is 22.5 Å². The van der Waals surface area contributed by atoms with Gasteiger partial charge in [0, 0.05) is 5.56 Å². The number of hydrogen-bond acceptors (Lipinski definition) is 2. The molecule has 1 heterocycles. The van der Waals surface area contributed by atoms with Crippen molar-refractivity contribution in [3.8, 4) is 17.5 Å². The number of para-hydroxylation sites is 2. The Balaban J connectivity index is 2.01. The predicted octanol–water partition coefficient (Wildman–Crippen LogP) is 4.03. The number of nitrogens with one attached hydrogen (secondary N) is 1. The van der Waals surface area contributed by atoms with Gasteiger partial charge in [0.2, 0.25) is 0 Å². The molecule has 0 amide bonds. The molecule has 0 saturated heterocycles. The van der Waals surface area contributed by atoms with Crippen LogP contribution in [0.2, 0.25) is 0 Å². The molecule has 0 fully saturated rings. The van der Waals surface area contributed by atoms with E-state index >= 15 is 0 Å². The number of rotatable bonds is 2. The van der Waals surface area contributed by atoms with Gasteiger partial charge in [0.15, 0.2) is 0 Å². The Hall–Kier alpha value is -2.60. The van der Waals surface area contributed by atoms with E-state index in [-0.39, 0.29) is 0 Å². The predicted molar refractivity (Wildman–Crippen MR) is 80.2 cm³/mol. The molecule has 0 atom stereocenters. The second-order valence-electron chi connectivity index (χ2n) is 5.42. The van der Waals surface area contributed by atoms with E-state index in [1.807, 2.05) is 62.4 Å². The number of imidazole rings is 1. The molecule has 0 aliphatic rings. The van der Waals surface area contributed by atoms with Crippen LogP contribution in [0.15, 0.2) is 48.5 Å². The number of benzene rings is 2. The molecule has 0 spiro atoms. The second-order valence-corrected chi connectivity index (χ2v) is 5.42. The highest BCUT2D eigenvalue weighted by atomic mass is 14.9. The summed E-state index contributed by atoms with van der Waals surface area (Å²) in [6.45, 7) is 3.84. The lowest BCUT2D eigenvalue weighted by atomic mass is 9.86. The van der Waals surface area contributed by atoms with Crippen molar-refractivity contribution in [3.63, 3.8) is 0 Å². The second kappa shape index (κ2) is 4.50. The van der Waals surface area contributed by atoms with Crippen LogP contribution in [0.5, 0.6) is 0 Å². The molecule has 0 radical (unpaired) electrons. The molecule has 0 aliphatic carbocycles. The lowest BCUT2D eigenvalue weighted by Crippen LogP contribution is -2.13. The Labute approximate surface area is 117 Å². The number of H-pyrrole nitrogens is 1. The topological polar surface area (TPSA) is 52.5 Å². The minimum Gasteiger partial charge on any atom is -0.338 e. The Kier molecular flexibility index (Phi) is 2.80. The Bertz CT molecular complexity index is 756. The Morgan fingerprint density at radius 1 is 1.05 bits per heavy atom. The molecular formula is C17H15N3. The smallest absolute Gasteiger partial charge is 0.138 e. The maximum atomic E-state index is 9.16.